The van der Waals surface area contributed by atoms with Crippen LogP contribution in [0.25, 0.3) is 0 Å². The van der Waals surface area contributed by atoms with Gasteiger partial charge in [0.2, 0.25) is 0 Å². The van der Waals surface area contributed by atoms with Gasteiger partial charge in [-0.3, -0.25) is 4.79 Å². The molecule has 0 atom stereocenters. The van der Waals surface area contributed by atoms with E-state index in [0.717, 1.165) is 29.2 Å². The van der Waals surface area contributed by atoms with Gasteiger partial charge in [0.05, 0.1) is 17.9 Å². The number of anilines is 1. The SMILES string of the molecule is CNCCCOCCOc1cc(OC(F)(F)F)ccc1Oc1ccc(C(F)(F)F)c(F)c1C(=O)Nc1cc[n+](OC)nc1. The molecule has 2 aromatic carbocycles. The van der Waals surface area contributed by atoms with Crippen LogP contribution in [-0.2, 0) is 10.9 Å². The number of rotatable bonds is 14. The summed E-state index contributed by atoms with van der Waals surface area (Å²) in [4.78, 5) is 18.8. The number of ether oxygens (including phenoxy) is 4. The number of carbonyl (C=O) groups is 1. The Morgan fingerprint density at radius 1 is 0.977 bits per heavy atom. The molecular weight excluding hydrogens is 597 g/mol. The molecule has 1 aromatic heterocycles. The largest absolute Gasteiger partial charge is 0.573 e. The van der Waals surface area contributed by atoms with Crippen molar-refractivity contribution in [1.82, 2.24) is 10.4 Å². The molecular formula is C26H26F7N4O6+. The van der Waals surface area contributed by atoms with Crippen molar-refractivity contribution >= 4 is 11.6 Å². The molecule has 0 bridgehead atoms. The second-order valence-electron chi connectivity index (χ2n) is 8.43. The minimum absolute atomic E-state index is 0.0181. The van der Waals surface area contributed by atoms with Crippen LogP contribution in [0.5, 0.6) is 23.0 Å². The molecule has 0 spiro atoms. The number of hydrogen-bond donors (Lipinski definition) is 2. The molecule has 0 radical (unpaired) electrons. The lowest BCUT2D eigenvalue weighted by Crippen LogP contribution is -2.43. The highest BCUT2D eigenvalue weighted by atomic mass is 19.4. The number of aromatic nitrogens is 2. The lowest BCUT2D eigenvalue weighted by molar-refractivity contribution is -0.930. The number of hydrogen-bond acceptors (Lipinski definition) is 8. The fourth-order valence-electron chi connectivity index (χ4n) is 3.46. The maximum atomic E-state index is 15.2. The molecule has 17 heteroatoms. The van der Waals surface area contributed by atoms with E-state index in [1.54, 1.807) is 7.05 Å². The van der Waals surface area contributed by atoms with Crippen LogP contribution in [0.2, 0.25) is 0 Å². The highest BCUT2D eigenvalue weighted by Crippen LogP contribution is 2.41. The summed E-state index contributed by atoms with van der Waals surface area (Å²) in [6.07, 6.45) is -7.20. The van der Waals surface area contributed by atoms with Gasteiger partial charge in [-0.2, -0.15) is 13.2 Å². The molecule has 3 aromatic rings. The summed E-state index contributed by atoms with van der Waals surface area (Å²) in [7, 11) is 3.05. The average molecular weight is 624 g/mol. The van der Waals surface area contributed by atoms with Crippen molar-refractivity contribution in [3.05, 3.63) is 65.7 Å². The van der Waals surface area contributed by atoms with Gasteiger partial charge < -0.3 is 29.6 Å². The Labute approximate surface area is 240 Å². The minimum atomic E-state index is -5.17. The molecule has 0 unspecified atom stereocenters. The number of nitrogens with zero attached hydrogens (tertiary/aromatic N) is 2. The zero-order valence-electron chi connectivity index (χ0n) is 22.6. The lowest BCUT2D eigenvalue weighted by atomic mass is 10.1. The molecule has 0 fully saturated rings. The van der Waals surface area contributed by atoms with Gasteiger partial charge in [-0.1, -0.05) is 0 Å². The highest BCUT2D eigenvalue weighted by molar-refractivity contribution is 6.06. The lowest BCUT2D eigenvalue weighted by Gasteiger charge is -2.18. The standard InChI is InChI=1S/C26H25F7N4O6/c1-34-9-3-11-40-12-13-41-21-14-17(43-26(31,32)33)4-6-19(21)42-20-7-5-18(25(28,29)30)23(27)22(20)24(38)36-16-8-10-37(39-2)35-15-16/h4-8,10,14-15,34H,3,9,11-13H2,1-2H3/p+1. The van der Waals surface area contributed by atoms with Crippen molar-refractivity contribution in [3.8, 4) is 23.0 Å². The summed E-state index contributed by atoms with van der Waals surface area (Å²) in [6.45, 7) is 0.881. The van der Waals surface area contributed by atoms with E-state index in [9.17, 15) is 31.1 Å². The van der Waals surface area contributed by atoms with Crippen molar-refractivity contribution in [2.45, 2.75) is 19.0 Å². The second-order valence-corrected chi connectivity index (χ2v) is 8.43. The van der Waals surface area contributed by atoms with Crippen LogP contribution in [0.1, 0.15) is 22.3 Å². The van der Waals surface area contributed by atoms with Crippen molar-refractivity contribution in [2.75, 3.05) is 45.8 Å². The van der Waals surface area contributed by atoms with Crippen molar-refractivity contribution in [2.24, 2.45) is 0 Å². The Hall–Kier alpha value is -4.38. The van der Waals surface area contributed by atoms with Crippen LogP contribution in [0.4, 0.5) is 36.4 Å². The number of amides is 1. The fraction of sp³-hybridized carbons (Fsp3) is 0.346. The predicted molar refractivity (Wildman–Crippen MR) is 134 cm³/mol. The van der Waals surface area contributed by atoms with Gasteiger partial charge in [0, 0.05) is 23.8 Å². The molecule has 0 aliphatic heterocycles. The van der Waals surface area contributed by atoms with E-state index in [1.807, 2.05) is 0 Å². The molecule has 2 N–H and O–H groups in total. The van der Waals surface area contributed by atoms with Crippen molar-refractivity contribution in [3.63, 3.8) is 0 Å². The van der Waals surface area contributed by atoms with E-state index in [-0.39, 0.29) is 30.4 Å². The maximum absolute atomic E-state index is 15.2. The number of halogens is 7. The number of nitrogens with one attached hydrogen (secondary N) is 2. The summed E-state index contributed by atoms with van der Waals surface area (Å²) in [5.74, 6) is -5.41. The molecule has 0 saturated heterocycles. The fourth-order valence-corrected chi connectivity index (χ4v) is 3.46. The van der Waals surface area contributed by atoms with Crippen LogP contribution < -0.4 is 34.5 Å². The van der Waals surface area contributed by atoms with Gasteiger partial charge in [-0.15, -0.1) is 13.2 Å². The Morgan fingerprint density at radius 2 is 1.72 bits per heavy atom. The number of alkyl halides is 6. The van der Waals surface area contributed by atoms with Crippen LogP contribution in [0.15, 0.2) is 48.8 Å². The Kier molecular flexibility index (Phi) is 11.3. The third-order valence-corrected chi connectivity index (χ3v) is 5.34. The van der Waals surface area contributed by atoms with Gasteiger partial charge >= 0.3 is 12.5 Å². The molecule has 0 saturated carbocycles. The molecule has 10 nitrogen and oxygen atoms in total. The third-order valence-electron chi connectivity index (χ3n) is 5.34. The van der Waals surface area contributed by atoms with E-state index < -0.39 is 46.9 Å². The molecule has 0 aliphatic carbocycles. The Bertz CT molecular complexity index is 1370. The van der Waals surface area contributed by atoms with Crippen molar-refractivity contribution < 1.29 is 64.2 Å². The Balaban J connectivity index is 1.95. The summed E-state index contributed by atoms with van der Waals surface area (Å²) >= 11 is 0. The first kappa shape index (κ1) is 33.1. The van der Waals surface area contributed by atoms with E-state index in [4.69, 9.17) is 19.0 Å². The molecule has 234 valence electrons. The van der Waals surface area contributed by atoms with Gasteiger partial charge in [-0.25, -0.2) is 9.23 Å². The van der Waals surface area contributed by atoms with Crippen molar-refractivity contribution in [1.29, 1.82) is 0 Å². The zero-order valence-corrected chi connectivity index (χ0v) is 22.6. The van der Waals surface area contributed by atoms with Gasteiger partial charge in [-0.05, 0) is 44.3 Å². The minimum Gasteiger partial charge on any atom is -0.487 e. The molecule has 0 aliphatic rings. The summed E-state index contributed by atoms with van der Waals surface area (Å²) in [5.41, 5.74) is -2.93. The van der Waals surface area contributed by atoms with Crippen LogP contribution in [-0.4, -0.2) is 57.9 Å². The zero-order chi connectivity index (χ0) is 31.6. The first-order valence-corrected chi connectivity index (χ1v) is 12.4. The maximum Gasteiger partial charge on any atom is 0.573 e. The Morgan fingerprint density at radius 3 is 2.35 bits per heavy atom. The third kappa shape index (κ3) is 9.85. The smallest absolute Gasteiger partial charge is 0.487 e. The van der Waals surface area contributed by atoms with E-state index >= 15 is 4.39 Å². The highest BCUT2D eigenvalue weighted by Gasteiger charge is 2.38. The van der Waals surface area contributed by atoms with Crippen LogP contribution >= 0.6 is 0 Å². The summed E-state index contributed by atoms with van der Waals surface area (Å²) in [5, 5.41) is 8.91. The average Bonchev–Trinajstić information content (AvgIpc) is 2.92. The molecule has 1 heterocycles. The number of benzene rings is 2. The van der Waals surface area contributed by atoms with E-state index in [2.05, 4.69) is 20.5 Å². The van der Waals surface area contributed by atoms with Gasteiger partial charge in [0.15, 0.2) is 24.4 Å². The topological polar surface area (TPSA) is 104 Å². The first-order valence-electron chi connectivity index (χ1n) is 12.4. The second kappa shape index (κ2) is 14.7. The summed E-state index contributed by atoms with van der Waals surface area (Å²) < 4.78 is 114. The van der Waals surface area contributed by atoms with E-state index in [0.29, 0.717) is 31.7 Å². The molecule has 43 heavy (non-hydrogen) atoms. The van der Waals surface area contributed by atoms with Gasteiger partial charge in [0.1, 0.15) is 34.7 Å². The van der Waals surface area contributed by atoms with Crippen LogP contribution in [0.3, 0.4) is 0 Å². The first-order chi connectivity index (χ1) is 20.3. The van der Waals surface area contributed by atoms with Gasteiger partial charge in [0.25, 0.3) is 12.1 Å². The quantitative estimate of drug-likeness (QED) is 0.153. The monoisotopic (exact) mass is 623 g/mol. The number of carbonyl (C=O) groups excluding carboxylic acids is 1. The normalized spacial score (nSPS) is 11.7. The summed E-state index contributed by atoms with van der Waals surface area (Å²) in [6, 6.07) is 4.92. The molecule has 3 rings (SSSR count). The van der Waals surface area contributed by atoms with Crippen LogP contribution in [0, 0.1) is 5.82 Å². The predicted octanol–water partition coefficient (Wildman–Crippen LogP) is 4.53. The molecule has 1 amide bonds. The van der Waals surface area contributed by atoms with E-state index in [1.165, 1.54) is 19.4 Å².